The Hall–Kier alpha value is -1.81. The summed E-state index contributed by atoms with van der Waals surface area (Å²) in [5.41, 5.74) is 0.531. The summed E-state index contributed by atoms with van der Waals surface area (Å²) >= 11 is 3.23. The second-order valence-corrected chi connectivity index (χ2v) is 7.61. The Labute approximate surface area is 153 Å². The average Bonchev–Trinajstić information content (AvgIpc) is 2.57. The van der Waals surface area contributed by atoms with Gasteiger partial charge in [-0.2, -0.15) is 0 Å². The number of methoxy groups -OCH3 is 1. The zero-order valence-electron chi connectivity index (χ0n) is 13.3. The van der Waals surface area contributed by atoms with Crippen molar-refractivity contribution in [3.63, 3.8) is 0 Å². The van der Waals surface area contributed by atoms with Crippen molar-refractivity contribution < 1.29 is 22.3 Å². The fourth-order valence-electron chi connectivity index (χ4n) is 1.94. The van der Waals surface area contributed by atoms with Crippen LogP contribution < -0.4 is 10.0 Å². The van der Waals surface area contributed by atoms with E-state index >= 15 is 0 Å². The Morgan fingerprint density at radius 3 is 2.52 bits per heavy atom. The number of carbonyl (C=O) groups is 1. The highest BCUT2D eigenvalue weighted by Crippen LogP contribution is 2.22. The molecule has 0 spiro atoms. The van der Waals surface area contributed by atoms with Crippen LogP contribution in [-0.4, -0.2) is 34.6 Å². The molecule has 0 aliphatic heterocycles. The molecular weight excluding hydrogens is 415 g/mol. The van der Waals surface area contributed by atoms with Gasteiger partial charge in [0.05, 0.1) is 17.1 Å². The minimum Gasteiger partial charge on any atom is -0.383 e. The van der Waals surface area contributed by atoms with Crippen LogP contribution in [0.25, 0.3) is 0 Å². The van der Waals surface area contributed by atoms with Gasteiger partial charge in [0.25, 0.3) is 5.91 Å². The van der Waals surface area contributed by atoms with Crippen LogP contribution in [0.15, 0.2) is 51.8 Å². The van der Waals surface area contributed by atoms with Gasteiger partial charge in [-0.1, -0.05) is 0 Å². The number of hydrogen-bond donors (Lipinski definition) is 2. The standard InChI is InChI=1S/C16H16BrFN2O4S/c1-24-9-8-19-25(22,23)13-6-7-15(17)14(10-13)16(21)20-12-4-2-11(18)3-5-12/h2-7,10,19H,8-9H2,1H3,(H,20,21). The maximum atomic E-state index is 12.9. The molecule has 2 aromatic carbocycles. The smallest absolute Gasteiger partial charge is 0.256 e. The van der Waals surface area contributed by atoms with Gasteiger partial charge in [-0.15, -0.1) is 0 Å². The summed E-state index contributed by atoms with van der Waals surface area (Å²) in [6.07, 6.45) is 0. The first-order valence-electron chi connectivity index (χ1n) is 7.18. The molecule has 0 aliphatic carbocycles. The molecule has 2 N–H and O–H groups in total. The number of rotatable bonds is 7. The van der Waals surface area contributed by atoms with Gasteiger partial charge in [-0.05, 0) is 58.4 Å². The van der Waals surface area contributed by atoms with E-state index in [9.17, 15) is 17.6 Å². The predicted octanol–water partition coefficient (Wildman–Crippen LogP) is 2.77. The number of halogens is 2. The zero-order valence-corrected chi connectivity index (χ0v) is 15.7. The fourth-order valence-corrected chi connectivity index (χ4v) is 3.40. The van der Waals surface area contributed by atoms with E-state index < -0.39 is 21.7 Å². The van der Waals surface area contributed by atoms with Crippen LogP contribution in [0.3, 0.4) is 0 Å². The lowest BCUT2D eigenvalue weighted by Gasteiger charge is -2.10. The summed E-state index contributed by atoms with van der Waals surface area (Å²) in [6, 6.07) is 9.37. The van der Waals surface area contributed by atoms with Crippen molar-refractivity contribution in [1.82, 2.24) is 4.72 Å². The maximum absolute atomic E-state index is 12.9. The summed E-state index contributed by atoms with van der Waals surface area (Å²) in [5, 5.41) is 2.59. The van der Waals surface area contributed by atoms with Gasteiger partial charge < -0.3 is 10.1 Å². The van der Waals surface area contributed by atoms with Gasteiger partial charge in [-0.3, -0.25) is 4.79 Å². The van der Waals surface area contributed by atoms with Gasteiger partial charge in [0, 0.05) is 23.8 Å². The van der Waals surface area contributed by atoms with E-state index in [1.165, 1.54) is 49.6 Å². The minimum absolute atomic E-state index is 0.0453. The highest BCUT2D eigenvalue weighted by atomic mass is 79.9. The zero-order chi connectivity index (χ0) is 18.4. The van der Waals surface area contributed by atoms with E-state index in [1.807, 2.05) is 0 Å². The largest absolute Gasteiger partial charge is 0.383 e. The van der Waals surface area contributed by atoms with Crippen molar-refractivity contribution in [1.29, 1.82) is 0 Å². The Morgan fingerprint density at radius 1 is 1.20 bits per heavy atom. The number of sulfonamides is 1. The second-order valence-electron chi connectivity index (χ2n) is 4.99. The third kappa shape index (κ3) is 5.33. The van der Waals surface area contributed by atoms with E-state index in [-0.39, 0.29) is 23.6 Å². The Kier molecular flexibility index (Phi) is 6.65. The molecule has 0 radical (unpaired) electrons. The van der Waals surface area contributed by atoms with Crippen LogP contribution in [-0.2, 0) is 14.8 Å². The monoisotopic (exact) mass is 430 g/mol. The Morgan fingerprint density at radius 2 is 1.88 bits per heavy atom. The minimum atomic E-state index is -3.76. The summed E-state index contributed by atoms with van der Waals surface area (Å²) in [6.45, 7) is 0.347. The second kappa shape index (κ2) is 8.52. The topological polar surface area (TPSA) is 84.5 Å². The molecule has 0 heterocycles. The molecule has 1 amide bonds. The average molecular weight is 431 g/mol. The maximum Gasteiger partial charge on any atom is 0.256 e. The van der Waals surface area contributed by atoms with Crippen molar-refractivity contribution in [2.45, 2.75) is 4.90 Å². The van der Waals surface area contributed by atoms with Gasteiger partial charge >= 0.3 is 0 Å². The van der Waals surface area contributed by atoms with Crippen LogP contribution in [0.5, 0.6) is 0 Å². The van der Waals surface area contributed by atoms with Crippen LogP contribution in [0.1, 0.15) is 10.4 Å². The summed E-state index contributed by atoms with van der Waals surface area (Å²) in [4.78, 5) is 12.3. The number of carbonyl (C=O) groups excluding carboxylic acids is 1. The van der Waals surface area contributed by atoms with Gasteiger partial charge in [0.1, 0.15) is 5.82 Å². The molecule has 0 aliphatic rings. The molecule has 25 heavy (non-hydrogen) atoms. The first kappa shape index (κ1) is 19.5. The van der Waals surface area contributed by atoms with Gasteiger partial charge in [-0.25, -0.2) is 17.5 Å². The van der Waals surface area contributed by atoms with Crippen molar-refractivity contribution in [2.75, 3.05) is 25.6 Å². The number of nitrogens with one attached hydrogen (secondary N) is 2. The van der Waals surface area contributed by atoms with Crippen molar-refractivity contribution in [2.24, 2.45) is 0 Å². The third-order valence-corrected chi connectivity index (χ3v) is 5.34. The normalized spacial score (nSPS) is 11.3. The molecule has 0 bridgehead atoms. The first-order chi connectivity index (χ1) is 11.8. The molecule has 0 saturated carbocycles. The van der Waals surface area contributed by atoms with E-state index in [0.29, 0.717) is 10.2 Å². The summed E-state index contributed by atoms with van der Waals surface area (Å²) < 4.78 is 45.0. The highest BCUT2D eigenvalue weighted by Gasteiger charge is 2.18. The SMILES string of the molecule is COCCNS(=O)(=O)c1ccc(Br)c(C(=O)Nc2ccc(F)cc2)c1. The van der Waals surface area contributed by atoms with Crippen molar-refractivity contribution in [3.05, 3.63) is 58.3 Å². The number of anilines is 1. The molecule has 0 unspecified atom stereocenters. The summed E-state index contributed by atoms with van der Waals surface area (Å²) in [5.74, 6) is -0.943. The third-order valence-electron chi connectivity index (χ3n) is 3.19. The van der Waals surface area contributed by atoms with Gasteiger partial charge in [0.15, 0.2) is 0 Å². The quantitative estimate of drug-likeness (QED) is 0.661. The predicted molar refractivity (Wildman–Crippen MR) is 95.6 cm³/mol. The lowest BCUT2D eigenvalue weighted by atomic mass is 10.2. The van der Waals surface area contributed by atoms with Crippen molar-refractivity contribution >= 4 is 37.5 Å². The lowest BCUT2D eigenvalue weighted by Crippen LogP contribution is -2.27. The van der Waals surface area contributed by atoms with E-state index in [1.54, 1.807) is 0 Å². The molecule has 9 heteroatoms. The Balaban J connectivity index is 2.23. The van der Waals surface area contributed by atoms with Crippen LogP contribution >= 0.6 is 15.9 Å². The molecule has 6 nitrogen and oxygen atoms in total. The van der Waals surface area contributed by atoms with Crippen LogP contribution in [0.2, 0.25) is 0 Å². The highest BCUT2D eigenvalue weighted by molar-refractivity contribution is 9.10. The number of hydrogen-bond acceptors (Lipinski definition) is 4. The Bertz CT molecular complexity index is 857. The molecule has 2 aromatic rings. The fraction of sp³-hybridized carbons (Fsp3) is 0.188. The van der Waals surface area contributed by atoms with E-state index in [0.717, 1.165) is 0 Å². The lowest BCUT2D eigenvalue weighted by molar-refractivity contribution is 0.102. The number of amides is 1. The molecule has 0 atom stereocenters. The molecule has 134 valence electrons. The van der Waals surface area contributed by atoms with Gasteiger partial charge in [0.2, 0.25) is 10.0 Å². The van der Waals surface area contributed by atoms with Crippen LogP contribution in [0, 0.1) is 5.82 Å². The van der Waals surface area contributed by atoms with E-state index in [2.05, 4.69) is 26.0 Å². The molecule has 0 saturated heterocycles. The molecule has 0 aromatic heterocycles. The number of ether oxygens (including phenoxy) is 1. The number of benzene rings is 2. The summed E-state index contributed by atoms with van der Waals surface area (Å²) in [7, 11) is -2.30. The van der Waals surface area contributed by atoms with Crippen LogP contribution in [0.4, 0.5) is 10.1 Å². The van der Waals surface area contributed by atoms with E-state index in [4.69, 9.17) is 4.74 Å². The molecule has 0 fully saturated rings. The van der Waals surface area contributed by atoms with Crippen molar-refractivity contribution in [3.8, 4) is 0 Å². The molecular formula is C16H16BrFN2O4S. The molecule has 2 rings (SSSR count). The first-order valence-corrected chi connectivity index (χ1v) is 9.46.